The van der Waals surface area contributed by atoms with E-state index in [0.717, 1.165) is 6.20 Å². The largest absolute Gasteiger partial charge is 0.481 e. The molecule has 1 aromatic heterocycles. The van der Waals surface area contributed by atoms with Gasteiger partial charge < -0.3 is 4.74 Å². The molecule has 0 N–H and O–H groups in total. The Morgan fingerprint density at radius 2 is 2.31 bits per heavy atom. The molecule has 8 heteroatoms. The van der Waals surface area contributed by atoms with Crippen molar-refractivity contribution in [1.82, 2.24) is 4.98 Å². The number of hydrogen-bond acceptors (Lipinski definition) is 4. The van der Waals surface area contributed by atoms with Crippen LogP contribution in [-0.2, 0) is 5.33 Å². The van der Waals surface area contributed by atoms with E-state index in [1.807, 2.05) is 0 Å². The smallest absolute Gasteiger partial charge is 0.289 e. The summed E-state index contributed by atoms with van der Waals surface area (Å²) in [5.41, 5.74) is -1.36. The number of hydrogen-bond donors (Lipinski definition) is 0. The van der Waals surface area contributed by atoms with Gasteiger partial charge in [0.15, 0.2) is 0 Å². The zero-order valence-electron chi connectivity index (χ0n) is 8.11. The second-order valence-electron chi connectivity index (χ2n) is 2.74. The molecule has 0 aliphatic carbocycles. The number of halogens is 3. The van der Waals surface area contributed by atoms with E-state index in [1.165, 1.54) is 7.11 Å². The molecule has 5 nitrogen and oxygen atoms in total. The lowest BCUT2D eigenvalue weighted by atomic mass is 10.1. The van der Waals surface area contributed by atoms with Gasteiger partial charge in [-0.25, -0.2) is 13.8 Å². The first-order valence-electron chi connectivity index (χ1n) is 4.07. The maximum atomic E-state index is 12.5. The molecule has 0 saturated carbocycles. The van der Waals surface area contributed by atoms with Gasteiger partial charge in [0.1, 0.15) is 11.1 Å². The fourth-order valence-corrected chi connectivity index (χ4v) is 1.72. The summed E-state index contributed by atoms with van der Waals surface area (Å²) in [4.78, 5) is 13.5. The summed E-state index contributed by atoms with van der Waals surface area (Å²) >= 11 is 2.98. The van der Waals surface area contributed by atoms with Gasteiger partial charge in [0.25, 0.3) is 12.1 Å². The molecule has 88 valence electrons. The molecule has 0 aliphatic heterocycles. The number of alkyl halides is 3. The van der Waals surface area contributed by atoms with Gasteiger partial charge in [-0.1, -0.05) is 15.9 Å². The average molecular weight is 297 g/mol. The minimum atomic E-state index is -2.95. The highest BCUT2D eigenvalue weighted by Gasteiger charge is 2.28. The Morgan fingerprint density at radius 3 is 2.69 bits per heavy atom. The molecule has 1 heterocycles. The van der Waals surface area contributed by atoms with Gasteiger partial charge in [-0.15, -0.1) is 0 Å². The van der Waals surface area contributed by atoms with Crippen LogP contribution in [0.2, 0.25) is 0 Å². The average Bonchev–Trinajstić information content (AvgIpc) is 2.26. The van der Waals surface area contributed by atoms with E-state index in [2.05, 4.69) is 20.9 Å². The van der Waals surface area contributed by atoms with E-state index in [9.17, 15) is 18.9 Å². The number of ether oxygens (including phenoxy) is 1. The van der Waals surface area contributed by atoms with Crippen molar-refractivity contribution in [3.05, 3.63) is 27.4 Å². The zero-order valence-corrected chi connectivity index (χ0v) is 9.70. The van der Waals surface area contributed by atoms with Gasteiger partial charge in [-0.05, 0) is 0 Å². The summed E-state index contributed by atoms with van der Waals surface area (Å²) in [7, 11) is 1.26. The third-order valence-corrected chi connectivity index (χ3v) is 2.44. The molecule has 0 unspecified atom stereocenters. The van der Waals surface area contributed by atoms with Crippen molar-refractivity contribution in [2.75, 3.05) is 7.11 Å². The lowest BCUT2D eigenvalue weighted by molar-refractivity contribution is -0.387. The Hall–Kier alpha value is -1.31. The van der Waals surface area contributed by atoms with Gasteiger partial charge in [0.05, 0.1) is 12.0 Å². The van der Waals surface area contributed by atoms with Gasteiger partial charge in [-0.3, -0.25) is 10.1 Å². The molecule has 0 radical (unpaired) electrons. The van der Waals surface area contributed by atoms with Crippen LogP contribution in [0.15, 0.2) is 6.20 Å². The third-order valence-electron chi connectivity index (χ3n) is 1.88. The van der Waals surface area contributed by atoms with E-state index in [0.29, 0.717) is 0 Å². The molecule has 16 heavy (non-hydrogen) atoms. The lowest BCUT2D eigenvalue weighted by Crippen LogP contribution is -2.04. The van der Waals surface area contributed by atoms with Crippen LogP contribution in [0.25, 0.3) is 0 Å². The highest BCUT2D eigenvalue weighted by atomic mass is 79.9. The topological polar surface area (TPSA) is 65.3 Å². The molecule has 0 fully saturated rings. The number of rotatable bonds is 4. The normalized spacial score (nSPS) is 10.6. The fourth-order valence-electron chi connectivity index (χ4n) is 1.21. The highest BCUT2D eigenvalue weighted by molar-refractivity contribution is 9.08. The van der Waals surface area contributed by atoms with Crippen LogP contribution in [0.1, 0.15) is 17.6 Å². The maximum Gasteiger partial charge on any atom is 0.289 e. The Morgan fingerprint density at radius 1 is 1.69 bits per heavy atom. The Bertz CT molecular complexity index is 415. The summed E-state index contributed by atoms with van der Waals surface area (Å²) in [5, 5.41) is 10.8. The van der Waals surface area contributed by atoms with E-state index in [4.69, 9.17) is 4.74 Å². The van der Waals surface area contributed by atoms with E-state index >= 15 is 0 Å². The number of methoxy groups -OCH3 is 1. The van der Waals surface area contributed by atoms with Crippen molar-refractivity contribution in [1.29, 1.82) is 0 Å². The van der Waals surface area contributed by atoms with Crippen LogP contribution in [0.3, 0.4) is 0 Å². The molecule has 0 amide bonds. The third kappa shape index (κ3) is 2.26. The molecule has 0 aromatic carbocycles. The molecule has 0 atom stereocenters. The van der Waals surface area contributed by atoms with E-state index in [1.54, 1.807) is 0 Å². The van der Waals surface area contributed by atoms with Crippen LogP contribution in [0, 0.1) is 10.1 Å². The summed E-state index contributed by atoms with van der Waals surface area (Å²) in [6.07, 6.45) is -2.19. The van der Waals surface area contributed by atoms with Gasteiger partial charge in [0, 0.05) is 11.5 Å². The number of nitro groups is 1. The van der Waals surface area contributed by atoms with Gasteiger partial charge in [-0.2, -0.15) is 0 Å². The van der Waals surface area contributed by atoms with Crippen LogP contribution >= 0.6 is 15.9 Å². The Kier molecular flexibility index (Phi) is 4.11. The molecule has 0 bridgehead atoms. The minimum Gasteiger partial charge on any atom is -0.481 e. The first-order valence-corrected chi connectivity index (χ1v) is 5.19. The summed E-state index contributed by atoms with van der Waals surface area (Å²) in [6.45, 7) is 0. The molecular weight excluding hydrogens is 290 g/mol. The van der Waals surface area contributed by atoms with Crippen molar-refractivity contribution in [3.63, 3.8) is 0 Å². The van der Waals surface area contributed by atoms with E-state index in [-0.39, 0.29) is 16.8 Å². The first kappa shape index (κ1) is 12.8. The predicted octanol–water partition coefficient (Wildman–Crippen LogP) is 2.83. The molecule has 0 aliphatic rings. The van der Waals surface area contributed by atoms with Gasteiger partial charge in [0.2, 0.25) is 5.88 Å². The monoisotopic (exact) mass is 296 g/mol. The molecule has 1 rings (SSSR count). The molecule has 0 saturated heterocycles. The SMILES string of the molecule is COc1ncc(C(F)F)c([N+](=O)[O-])c1CBr. The zero-order chi connectivity index (χ0) is 12.3. The standard InChI is InChI=1S/C8H7BrF2N2O3/c1-16-8-4(2-9)6(13(14)15)5(3-12-8)7(10)11/h3,7H,2H2,1H3. The predicted molar refractivity (Wildman–Crippen MR) is 55.0 cm³/mol. The van der Waals surface area contributed by atoms with Crippen molar-refractivity contribution >= 4 is 21.6 Å². The summed E-state index contributed by atoms with van der Waals surface area (Å²) in [6, 6.07) is 0. The number of pyridine rings is 1. The Labute approximate surface area is 97.7 Å². The maximum absolute atomic E-state index is 12.5. The Balaban J connectivity index is 3.50. The fraction of sp³-hybridized carbons (Fsp3) is 0.375. The molecule has 1 aromatic rings. The molecule has 0 spiro atoms. The number of aromatic nitrogens is 1. The van der Waals surface area contributed by atoms with Crippen molar-refractivity contribution < 1.29 is 18.4 Å². The van der Waals surface area contributed by atoms with Crippen molar-refractivity contribution in [3.8, 4) is 5.88 Å². The lowest BCUT2D eigenvalue weighted by Gasteiger charge is -2.08. The number of nitrogens with zero attached hydrogens (tertiary/aromatic N) is 2. The van der Waals surface area contributed by atoms with Gasteiger partial charge >= 0.3 is 0 Å². The van der Waals surface area contributed by atoms with Crippen molar-refractivity contribution in [2.45, 2.75) is 11.8 Å². The highest BCUT2D eigenvalue weighted by Crippen LogP contribution is 2.36. The first-order chi connectivity index (χ1) is 7.52. The quantitative estimate of drug-likeness (QED) is 0.487. The van der Waals surface area contributed by atoms with Crippen molar-refractivity contribution in [2.24, 2.45) is 0 Å². The van der Waals surface area contributed by atoms with Crippen LogP contribution in [0.4, 0.5) is 14.5 Å². The van der Waals surface area contributed by atoms with Crippen LogP contribution in [0.5, 0.6) is 5.88 Å². The van der Waals surface area contributed by atoms with Crippen LogP contribution < -0.4 is 4.74 Å². The second kappa shape index (κ2) is 5.15. The molecular formula is C8H7BrF2N2O3. The second-order valence-corrected chi connectivity index (χ2v) is 3.30. The summed E-state index contributed by atoms with van der Waals surface area (Å²) < 4.78 is 29.8. The minimum absolute atomic E-state index is 0.00491. The van der Waals surface area contributed by atoms with Crippen LogP contribution in [-0.4, -0.2) is 17.0 Å². The summed E-state index contributed by atoms with van der Waals surface area (Å²) in [5.74, 6) is -0.0343. The van der Waals surface area contributed by atoms with E-state index < -0.39 is 22.6 Å².